The highest BCUT2D eigenvalue weighted by Crippen LogP contribution is 2.20. The fourth-order valence-electron chi connectivity index (χ4n) is 3.26. The van der Waals surface area contributed by atoms with Crippen LogP contribution >= 0.6 is 12.2 Å². The van der Waals surface area contributed by atoms with E-state index in [1.54, 1.807) is 36.4 Å². The zero-order valence-electron chi connectivity index (χ0n) is 17.6. The molecule has 2 aromatic carbocycles. The molecule has 0 saturated carbocycles. The first kappa shape index (κ1) is 22.7. The SMILES string of the molecule is CCOCCOc1ccc(C(=O)NC(=S)Nc2ccccc2C(=O)N2CCCC2)cc1. The Morgan fingerprint density at radius 1 is 1.03 bits per heavy atom. The van der Waals surface area contributed by atoms with Gasteiger partial charge in [-0.05, 0) is 68.4 Å². The summed E-state index contributed by atoms with van der Waals surface area (Å²) in [5.41, 5.74) is 1.56. The van der Waals surface area contributed by atoms with Gasteiger partial charge in [0.2, 0.25) is 0 Å². The first-order valence-electron chi connectivity index (χ1n) is 10.4. The number of thiocarbonyl (C=S) groups is 1. The van der Waals surface area contributed by atoms with Gasteiger partial charge in [-0.2, -0.15) is 0 Å². The van der Waals surface area contributed by atoms with Crippen LogP contribution in [0.15, 0.2) is 48.5 Å². The zero-order chi connectivity index (χ0) is 22.1. The lowest BCUT2D eigenvalue weighted by molar-refractivity contribution is 0.0793. The van der Waals surface area contributed by atoms with Gasteiger partial charge in [0.25, 0.3) is 11.8 Å². The Balaban J connectivity index is 1.56. The second kappa shape index (κ2) is 11.4. The summed E-state index contributed by atoms with van der Waals surface area (Å²) in [5.74, 6) is 0.280. The summed E-state index contributed by atoms with van der Waals surface area (Å²) in [6.45, 7) is 5.06. The van der Waals surface area contributed by atoms with Crippen LogP contribution in [0, 0.1) is 0 Å². The lowest BCUT2D eigenvalue weighted by Crippen LogP contribution is -2.35. The van der Waals surface area contributed by atoms with Crippen LogP contribution in [-0.4, -0.2) is 54.7 Å². The average molecular weight is 442 g/mol. The van der Waals surface area contributed by atoms with E-state index in [4.69, 9.17) is 21.7 Å². The van der Waals surface area contributed by atoms with Crippen molar-refractivity contribution in [2.24, 2.45) is 0 Å². The number of nitrogens with one attached hydrogen (secondary N) is 2. The van der Waals surface area contributed by atoms with Gasteiger partial charge < -0.3 is 19.7 Å². The van der Waals surface area contributed by atoms with Crippen LogP contribution in [0.4, 0.5) is 5.69 Å². The molecule has 0 spiro atoms. The molecule has 0 aromatic heterocycles. The lowest BCUT2D eigenvalue weighted by Gasteiger charge is -2.18. The summed E-state index contributed by atoms with van der Waals surface area (Å²) in [5, 5.41) is 5.76. The van der Waals surface area contributed by atoms with E-state index in [2.05, 4.69) is 10.6 Å². The van der Waals surface area contributed by atoms with Gasteiger partial charge in [0.1, 0.15) is 12.4 Å². The number of carbonyl (C=O) groups is 2. The van der Waals surface area contributed by atoms with E-state index in [0.717, 1.165) is 25.9 Å². The maximum absolute atomic E-state index is 12.8. The predicted octanol–water partition coefficient (Wildman–Crippen LogP) is 3.46. The molecule has 7 nitrogen and oxygen atoms in total. The van der Waals surface area contributed by atoms with Gasteiger partial charge in [-0.3, -0.25) is 14.9 Å². The highest BCUT2D eigenvalue weighted by Gasteiger charge is 2.22. The van der Waals surface area contributed by atoms with E-state index in [1.807, 2.05) is 24.0 Å². The average Bonchev–Trinajstić information content (AvgIpc) is 3.32. The summed E-state index contributed by atoms with van der Waals surface area (Å²) in [6.07, 6.45) is 2.04. The van der Waals surface area contributed by atoms with Gasteiger partial charge in [-0.1, -0.05) is 12.1 Å². The highest BCUT2D eigenvalue weighted by molar-refractivity contribution is 7.80. The molecule has 0 aliphatic carbocycles. The number of rotatable bonds is 8. The third kappa shape index (κ3) is 6.50. The molecule has 2 N–H and O–H groups in total. The lowest BCUT2D eigenvalue weighted by atomic mass is 10.1. The van der Waals surface area contributed by atoms with Crippen molar-refractivity contribution in [1.29, 1.82) is 0 Å². The molecule has 1 fully saturated rings. The second-order valence-electron chi connectivity index (χ2n) is 7.02. The van der Waals surface area contributed by atoms with E-state index >= 15 is 0 Å². The van der Waals surface area contributed by atoms with Crippen LogP contribution in [-0.2, 0) is 4.74 Å². The van der Waals surface area contributed by atoms with Crippen molar-refractivity contribution >= 4 is 34.8 Å². The molecule has 2 aromatic rings. The molecule has 0 radical (unpaired) electrons. The van der Waals surface area contributed by atoms with Gasteiger partial charge in [-0.25, -0.2) is 0 Å². The van der Waals surface area contributed by atoms with Gasteiger partial charge in [0.15, 0.2) is 5.11 Å². The van der Waals surface area contributed by atoms with Crippen LogP contribution in [0.3, 0.4) is 0 Å². The van der Waals surface area contributed by atoms with E-state index < -0.39 is 0 Å². The monoisotopic (exact) mass is 441 g/mol. The molecule has 1 saturated heterocycles. The zero-order valence-corrected chi connectivity index (χ0v) is 18.4. The number of hydrogen-bond donors (Lipinski definition) is 2. The maximum atomic E-state index is 12.8. The van der Waals surface area contributed by atoms with Crippen molar-refractivity contribution in [3.63, 3.8) is 0 Å². The second-order valence-corrected chi connectivity index (χ2v) is 7.43. The summed E-state index contributed by atoms with van der Waals surface area (Å²) >= 11 is 5.29. The van der Waals surface area contributed by atoms with Crippen LogP contribution in [0.1, 0.15) is 40.5 Å². The Morgan fingerprint density at radius 3 is 2.45 bits per heavy atom. The molecular weight excluding hydrogens is 414 g/mol. The number of benzene rings is 2. The van der Waals surface area contributed by atoms with Crippen LogP contribution in [0.25, 0.3) is 0 Å². The summed E-state index contributed by atoms with van der Waals surface area (Å²) in [7, 11) is 0. The summed E-state index contributed by atoms with van der Waals surface area (Å²) < 4.78 is 10.8. The van der Waals surface area contributed by atoms with Gasteiger partial charge in [0.05, 0.1) is 17.9 Å². The number of likely N-dealkylation sites (tertiary alicyclic amines) is 1. The van der Waals surface area contributed by atoms with Crippen LogP contribution < -0.4 is 15.4 Å². The normalized spacial score (nSPS) is 13.0. The Kier molecular flexibility index (Phi) is 8.37. The number of carbonyl (C=O) groups excluding carboxylic acids is 2. The molecular formula is C23H27N3O4S. The molecule has 31 heavy (non-hydrogen) atoms. The third-order valence-electron chi connectivity index (χ3n) is 4.84. The number of amides is 2. The first-order valence-corrected chi connectivity index (χ1v) is 10.8. The Morgan fingerprint density at radius 2 is 1.74 bits per heavy atom. The van der Waals surface area contributed by atoms with E-state index in [0.29, 0.717) is 42.4 Å². The molecule has 164 valence electrons. The topological polar surface area (TPSA) is 79.9 Å². The fourth-order valence-corrected chi connectivity index (χ4v) is 3.47. The van der Waals surface area contributed by atoms with Crippen molar-refractivity contribution < 1.29 is 19.1 Å². The molecule has 3 rings (SSSR count). The summed E-state index contributed by atoms with van der Waals surface area (Å²) in [6, 6.07) is 13.9. The number of hydrogen-bond acceptors (Lipinski definition) is 5. The fraction of sp³-hybridized carbons (Fsp3) is 0.348. The van der Waals surface area contributed by atoms with Gasteiger partial charge in [-0.15, -0.1) is 0 Å². The van der Waals surface area contributed by atoms with Crippen molar-refractivity contribution in [2.45, 2.75) is 19.8 Å². The van der Waals surface area contributed by atoms with Crippen molar-refractivity contribution in [1.82, 2.24) is 10.2 Å². The number of para-hydroxylation sites is 1. The Labute approximate surface area is 187 Å². The van der Waals surface area contributed by atoms with E-state index in [-0.39, 0.29) is 16.9 Å². The molecule has 1 aliphatic heterocycles. The van der Waals surface area contributed by atoms with E-state index in [9.17, 15) is 9.59 Å². The Hall–Kier alpha value is -2.97. The molecule has 8 heteroatoms. The highest BCUT2D eigenvalue weighted by atomic mass is 32.1. The van der Waals surface area contributed by atoms with Crippen LogP contribution in [0.2, 0.25) is 0 Å². The van der Waals surface area contributed by atoms with Crippen molar-refractivity contribution in [3.05, 3.63) is 59.7 Å². The quantitative estimate of drug-likeness (QED) is 0.482. The molecule has 0 atom stereocenters. The molecule has 0 bridgehead atoms. The minimum atomic E-state index is -0.346. The smallest absolute Gasteiger partial charge is 0.257 e. The minimum Gasteiger partial charge on any atom is -0.491 e. The summed E-state index contributed by atoms with van der Waals surface area (Å²) in [4.78, 5) is 27.1. The number of anilines is 1. The maximum Gasteiger partial charge on any atom is 0.257 e. The molecule has 0 unspecified atom stereocenters. The molecule has 2 amide bonds. The number of ether oxygens (including phenoxy) is 2. The van der Waals surface area contributed by atoms with Crippen molar-refractivity contribution in [2.75, 3.05) is 38.2 Å². The van der Waals surface area contributed by atoms with Crippen LogP contribution in [0.5, 0.6) is 5.75 Å². The first-order chi connectivity index (χ1) is 15.1. The largest absolute Gasteiger partial charge is 0.491 e. The predicted molar refractivity (Wildman–Crippen MR) is 124 cm³/mol. The minimum absolute atomic E-state index is 0.0327. The molecule has 1 heterocycles. The standard InChI is InChI=1S/C23H27N3O4S/c1-2-29-15-16-30-18-11-9-17(10-12-18)21(27)25-23(31)24-20-8-4-3-7-19(20)22(28)26-13-5-6-14-26/h3-4,7-12H,2,5-6,13-16H2,1H3,(H2,24,25,27,31). The molecule has 1 aliphatic rings. The number of nitrogens with zero attached hydrogens (tertiary/aromatic N) is 1. The van der Waals surface area contributed by atoms with Crippen molar-refractivity contribution in [3.8, 4) is 5.75 Å². The van der Waals surface area contributed by atoms with E-state index in [1.165, 1.54) is 0 Å². The third-order valence-corrected chi connectivity index (χ3v) is 5.05. The Bertz CT molecular complexity index is 911. The van der Waals surface area contributed by atoms with Gasteiger partial charge in [0, 0.05) is 25.3 Å². The van der Waals surface area contributed by atoms with Gasteiger partial charge >= 0.3 is 0 Å².